The molecule has 0 aliphatic carbocycles. The Morgan fingerprint density at radius 1 is 0.897 bits per heavy atom. The maximum Gasteiger partial charge on any atom is 0.246 e. The number of piperazine rings is 1. The van der Waals surface area contributed by atoms with Gasteiger partial charge < -0.3 is 4.90 Å². The molecule has 1 saturated heterocycles. The van der Waals surface area contributed by atoms with Crippen LogP contribution in [0.1, 0.15) is 5.56 Å². The Morgan fingerprint density at radius 3 is 2.38 bits per heavy atom. The summed E-state index contributed by atoms with van der Waals surface area (Å²) in [6.07, 6.45) is 5.03. The van der Waals surface area contributed by atoms with Gasteiger partial charge in [-0.05, 0) is 24.3 Å². The number of para-hydroxylation sites is 1. The lowest BCUT2D eigenvalue weighted by molar-refractivity contribution is -0.127. The van der Waals surface area contributed by atoms with Gasteiger partial charge in [0.25, 0.3) is 0 Å². The van der Waals surface area contributed by atoms with E-state index in [0.717, 1.165) is 16.5 Å². The highest BCUT2D eigenvalue weighted by Gasteiger charge is 2.29. The highest BCUT2D eigenvalue weighted by atomic mass is 32.2. The molecule has 0 atom stereocenters. The van der Waals surface area contributed by atoms with Gasteiger partial charge in [0.05, 0.1) is 10.4 Å². The predicted molar refractivity (Wildman–Crippen MR) is 113 cm³/mol. The van der Waals surface area contributed by atoms with Crippen molar-refractivity contribution in [2.24, 2.45) is 0 Å². The van der Waals surface area contributed by atoms with Crippen molar-refractivity contribution in [2.45, 2.75) is 4.90 Å². The zero-order valence-corrected chi connectivity index (χ0v) is 16.6. The molecule has 1 fully saturated rings. The average molecular weight is 407 g/mol. The normalized spacial score (nSPS) is 15.8. The predicted octanol–water partition coefficient (Wildman–Crippen LogP) is 2.78. The first-order chi connectivity index (χ1) is 14.1. The first-order valence-electron chi connectivity index (χ1n) is 9.42. The summed E-state index contributed by atoms with van der Waals surface area (Å²) in [7, 11) is -3.52. The highest BCUT2D eigenvalue weighted by molar-refractivity contribution is 7.89. The number of hydrogen-bond donors (Lipinski definition) is 0. The van der Waals surface area contributed by atoms with Crippen LogP contribution in [0.3, 0.4) is 0 Å². The number of rotatable bonds is 4. The Bertz CT molecular complexity index is 1150. The third kappa shape index (κ3) is 4.06. The Hall–Kier alpha value is -3.03. The van der Waals surface area contributed by atoms with E-state index >= 15 is 0 Å². The van der Waals surface area contributed by atoms with Gasteiger partial charge in [0.1, 0.15) is 0 Å². The molecule has 4 rings (SSSR count). The minimum atomic E-state index is -3.52. The van der Waals surface area contributed by atoms with E-state index < -0.39 is 10.0 Å². The number of benzene rings is 2. The number of carbonyl (C=O) groups excluding carboxylic acids is 1. The smallest absolute Gasteiger partial charge is 0.246 e. The molecular weight excluding hydrogens is 386 g/mol. The molecule has 0 unspecified atom stereocenters. The van der Waals surface area contributed by atoms with Gasteiger partial charge in [0.2, 0.25) is 15.9 Å². The van der Waals surface area contributed by atoms with Gasteiger partial charge in [-0.2, -0.15) is 4.31 Å². The fourth-order valence-corrected chi connectivity index (χ4v) is 4.86. The molecular formula is C22H21N3O3S. The maximum absolute atomic E-state index is 12.7. The van der Waals surface area contributed by atoms with E-state index in [2.05, 4.69) is 4.98 Å². The zero-order chi connectivity index (χ0) is 20.3. The van der Waals surface area contributed by atoms with Gasteiger partial charge in [-0.1, -0.05) is 42.5 Å². The zero-order valence-electron chi connectivity index (χ0n) is 15.8. The van der Waals surface area contributed by atoms with Crippen LogP contribution in [0.15, 0.2) is 77.8 Å². The van der Waals surface area contributed by atoms with E-state index in [-0.39, 0.29) is 23.9 Å². The molecule has 3 aromatic rings. The standard InChI is InChI=1S/C22H21N3O3S/c26-21(12-11-19-7-4-6-18-8-5-13-23-22(18)19)24-14-16-25(17-15-24)29(27,28)20-9-2-1-3-10-20/h1-13H,14-17H2/b12-11+. The average Bonchev–Trinajstić information content (AvgIpc) is 2.78. The first-order valence-corrected chi connectivity index (χ1v) is 10.9. The van der Waals surface area contributed by atoms with Crippen LogP contribution in [-0.4, -0.2) is 54.7 Å². The Labute approximate surface area is 170 Å². The lowest BCUT2D eigenvalue weighted by Crippen LogP contribution is -2.50. The van der Waals surface area contributed by atoms with E-state index in [1.54, 1.807) is 47.5 Å². The Kier molecular flexibility index (Phi) is 5.42. The van der Waals surface area contributed by atoms with Crippen molar-refractivity contribution in [3.63, 3.8) is 0 Å². The van der Waals surface area contributed by atoms with Gasteiger partial charge in [0.15, 0.2) is 0 Å². The summed E-state index contributed by atoms with van der Waals surface area (Å²) in [5, 5.41) is 1.02. The van der Waals surface area contributed by atoms with Crippen LogP contribution in [0, 0.1) is 0 Å². The summed E-state index contributed by atoms with van der Waals surface area (Å²) < 4.78 is 26.8. The van der Waals surface area contributed by atoms with E-state index in [4.69, 9.17) is 0 Å². The number of amides is 1. The fraction of sp³-hybridized carbons (Fsp3) is 0.182. The van der Waals surface area contributed by atoms with Crippen LogP contribution in [0.25, 0.3) is 17.0 Å². The molecule has 7 heteroatoms. The summed E-state index contributed by atoms with van der Waals surface area (Å²) >= 11 is 0. The molecule has 2 aromatic carbocycles. The molecule has 0 N–H and O–H groups in total. The molecule has 148 valence electrons. The van der Waals surface area contributed by atoms with Crippen molar-refractivity contribution in [3.8, 4) is 0 Å². The van der Waals surface area contributed by atoms with Crippen molar-refractivity contribution in [3.05, 3.63) is 78.5 Å². The van der Waals surface area contributed by atoms with E-state index in [1.165, 1.54) is 10.4 Å². The molecule has 1 aliphatic heterocycles. The van der Waals surface area contributed by atoms with E-state index in [1.807, 2.05) is 30.3 Å². The van der Waals surface area contributed by atoms with Crippen LogP contribution in [-0.2, 0) is 14.8 Å². The van der Waals surface area contributed by atoms with Gasteiger partial charge in [-0.25, -0.2) is 8.42 Å². The second-order valence-corrected chi connectivity index (χ2v) is 8.74. The maximum atomic E-state index is 12.7. The van der Waals surface area contributed by atoms with Gasteiger partial charge in [-0.3, -0.25) is 9.78 Å². The fourth-order valence-electron chi connectivity index (χ4n) is 3.42. The van der Waals surface area contributed by atoms with Crippen molar-refractivity contribution in [2.75, 3.05) is 26.2 Å². The van der Waals surface area contributed by atoms with Gasteiger partial charge in [-0.15, -0.1) is 0 Å². The topological polar surface area (TPSA) is 70.6 Å². The Balaban J connectivity index is 1.42. The second kappa shape index (κ2) is 8.14. The minimum absolute atomic E-state index is 0.130. The number of aromatic nitrogens is 1. The number of sulfonamides is 1. The first kappa shape index (κ1) is 19.3. The van der Waals surface area contributed by atoms with Gasteiger partial charge >= 0.3 is 0 Å². The van der Waals surface area contributed by atoms with Crippen molar-refractivity contribution in [1.82, 2.24) is 14.2 Å². The van der Waals surface area contributed by atoms with E-state index in [9.17, 15) is 13.2 Å². The second-order valence-electron chi connectivity index (χ2n) is 6.80. The summed E-state index contributed by atoms with van der Waals surface area (Å²) in [6.45, 7) is 1.30. The lowest BCUT2D eigenvalue weighted by atomic mass is 10.1. The molecule has 1 aromatic heterocycles. The van der Waals surface area contributed by atoms with Crippen LogP contribution in [0.4, 0.5) is 0 Å². The molecule has 0 radical (unpaired) electrons. The molecule has 2 heterocycles. The lowest BCUT2D eigenvalue weighted by Gasteiger charge is -2.33. The monoisotopic (exact) mass is 407 g/mol. The molecule has 0 spiro atoms. The number of fused-ring (bicyclic) bond motifs is 1. The largest absolute Gasteiger partial charge is 0.337 e. The number of nitrogens with zero attached hydrogens (tertiary/aromatic N) is 3. The Morgan fingerprint density at radius 2 is 1.62 bits per heavy atom. The van der Waals surface area contributed by atoms with E-state index in [0.29, 0.717) is 13.1 Å². The molecule has 0 saturated carbocycles. The van der Waals surface area contributed by atoms with Crippen LogP contribution >= 0.6 is 0 Å². The molecule has 6 nitrogen and oxygen atoms in total. The minimum Gasteiger partial charge on any atom is -0.337 e. The summed E-state index contributed by atoms with van der Waals surface area (Å²) in [5.74, 6) is -0.130. The molecule has 1 amide bonds. The van der Waals surface area contributed by atoms with Crippen molar-refractivity contribution in [1.29, 1.82) is 0 Å². The highest BCUT2D eigenvalue weighted by Crippen LogP contribution is 2.19. The summed E-state index contributed by atoms with van der Waals surface area (Å²) in [5.41, 5.74) is 1.72. The number of hydrogen-bond acceptors (Lipinski definition) is 4. The molecule has 29 heavy (non-hydrogen) atoms. The number of pyridine rings is 1. The van der Waals surface area contributed by atoms with Gasteiger partial charge in [0, 0.05) is 49.4 Å². The van der Waals surface area contributed by atoms with Crippen LogP contribution < -0.4 is 0 Å². The SMILES string of the molecule is O=C(/C=C/c1cccc2cccnc12)N1CCN(S(=O)(=O)c2ccccc2)CC1. The van der Waals surface area contributed by atoms with Crippen molar-refractivity contribution >= 4 is 32.9 Å². The molecule has 1 aliphatic rings. The van der Waals surface area contributed by atoms with Crippen LogP contribution in [0.2, 0.25) is 0 Å². The summed E-state index contributed by atoms with van der Waals surface area (Å²) in [6, 6.07) is 18.1. The third-order valence-electron chi connectivity index (χ3n) is 5.00. The summed E-state index contributed by atoms with van der Waals surface area (Å²) in [4.78, 5) is 18.9. The quantitative estimate of drug-likeness (QED) is 0.624. The number of carbonyl (C=O) groups is 1. The van der Waals surface area contributed by atoms with Crippen LogP contribution in [0.5, 0.6) is 0 Å². The molecule has 0 bridgehead atoms. The van der Waals surface area contributed by atoms with Crippen molar-refractivity contribution < 1.29 is 13.2 Å². The third-order valence-corrected chi connectivity index (χ3v) is 6.91.